The SMILES string of the molecule is CC(CO)COc1cccc(CO[Si](C)(C)C(C)(C)C)c1. The summed E-state index contributed by atoms with van der Waals surface area (Å²) < 4.78 is 11.9. The van der Waals surface area contributed by atoms with E-state index in [1.165, 1.54) is 0 Å². The van der Waals surface area contributed by atoms with Crippen LogP contribution in [0.2, 0.25) is 18.1 Å². The number of aliphatic hydroxyl groups excluding tert-OH is 1. The molecular weight excluding hydrogens is 280 g/mol. The van der Waals surface area contributed by atoms with Gasteiger partial charge in [-0.3, -0.25) is 0 Å². The molecule has 21 heavy (non-hydrogen) atoms. The van der Waals surface area contributed by atoms with Gasteiger partial charge in [-0.1, -0.05) is 39.8 Å². The molecule has 1 N–H and O–H groups in total. The maximum Gasteiger partial charge on any atom is 0.192 e. The maximum absolute atomic E-state index is 9.02. The molecule has 1 atom stereocenters. The van der Waals surface area contributed by atoms with E-state index >= 15 is 0 Å². The van der Waals surface area contributed by atoms with Crippen LogP contribution in [0.1, 0.15) is 33.3 Å². The number of hydrogen-bond acceptors (Lipinski definition) is 3. The van der Waals surface area contributed by atoms with Gasteiger partial charge in [-0.05, 0) is 35.8 Å². The first-order chi connectivity index (χ1) is 9.65. The van der Waals surface area contributed by atoms with Crippen molar-refractivity contribution >= 4 is 8.32 Å². The summed E-state index contributed by atoms with van der Waals surface area (Å²) in [5.74, 6) is 0.990. The average molecular weight is 311 g/mol. The van der Waals surface area contributed by atoms with Gasteiger partial charge >= 0.3 is 0 Å². The lowest BCUT2D eigenvalue weighted by Crippen LogP contribution is -2.40. The minimum atomic E-state index is -1.72. The van der Waals surface area contributed by atoms with Crippen LogP contribution in [0.3, 0.4) is 0 Å². The summed E-state index contributed by atoms with van der Waals surface area (Å²) >= 11 is 0. The van der Waals surface area contributed by atoms with Gasteiger partial charge in [0.25, 0.3) is 0 Å². The first-order valence-electron chi connectivity index (χ1n) is 7.62. The van der Waals surface area contributed by atoms with Gasteiger partial charge in [0.1, 0.15) is 5.75 Å². The molecule has 0 aliphatic rings. The molecule has 0 saturated heterocycles. The highest BCUT2D eigenvalue weighted by atomic mass is 28.4. The third-order valence-corrected chi connectivity index (χ3v) is 8.63. The van der Waals surface area contributed by atoms with Gasteiger partial charge in [0.05, 0.1) is 13.2 Å². The van der Waals surface area contributed by atoms with E-state index in [1.807, 2.05) is 25.1 Å². The normalized spacial score (nSPS) is 14.0. The Kier molecular flexibility index (Phi) is 6.44. The molecule has 1 aromatic rings. The first-order valence-corrected chi connectivity index (χ1v) is 10.5. The molecule has 120 valence electrons. The quantitative estimate of drug-likeness (QED) is 0.767. The standard InChI is InChI=1S/C17H30O3Si/c1-14(11-18)12-19-16-9-7-8-15(10-16)13-20-21(5,6)17(2,3)4/h7-10,14,18H,11-13H2,1-6H3. The molecule has 0 saturated carbocycles. The summed E-state index contributed by atoms with van der Waals surface area (Å²) in [6.07, 6.45) is 0. The van der Waals surface area contributed by atoms with E-state index in [4.69, 9.17) is 14.3 Å². The molecule has 0 spiro atoms. The van der Waals surface area contributed by atoms with Crippen molar-refractivity contribution < 1.29 is 14.3 Å². The smallest absolute Gasteiger partial charge is 0.192 e. The number of ether oxygens (including phenoxy) is 1. The maximum atomic E-state index is 9.02. The Bertz CT molecular complexity index is 438. The van der Waals surface area contributed by atoms with Crippen LogP contribution in [0, 0.1) is 5.92 Å². The van der Waals surface area contributed by atoms with E-state index in [0.717, 1.165) is 11.3 Å². The van der Waals surface area contributed by atoms with E-state index < -0.39 is 8.32 Å². The Morgan fingerprint density at radius 3 is 2.48 bits per heavy atom. The van der Waals surface area contributed by atoms with Gasteiger partial charge in [0.15, 0.2) is 8.32 Å². The molecule has 1 unspecified atom stereocenters. The summed E-state index contributed by atoms with van der Waals surface area (Å²) in [4.78, 5) is 0. The molecule has 0 aliphatic heterocycles. The number of aliphatic hydroxyl groups is 1. The van der Waals surface area contributed by atoms with Crippen molar-refractivity contribution in [3.05, 3.63) is 29.8 Å². The van der Waals surface area contributed by atoms with Gasteiger partial charge in [-0.15, -0.1) is 0 Å². The molecule has 0 bridgehead atoms. The zero-order valence-electron chi connectivity index (χ0n) is 14.3. The zero-order chi connectivity index (χ0) is 16.1. The zero-order valence-corrected chi connectivity index (χ0v) is 15.3. The number of benzene rings is 1. The van der Waals surface area contributed by atoms with Crippen LogP contribution >= 0.6 is 0 Å². The topological polar surface area (TPSA) is 38.7 Å². The van der Waals surface area contributed by atoms with Crippen molar-refractivity contribution in [2.75, 3.05) is 13.2 Å². The van der Waals surface area contributed by atoms with Crippen molar-refractivity contribution in [2.45, 2.75) is 52.4 Å². The molecular formula is C17H30O3Si. The summed E-state index contributed by atoms with van der Waals surface area (Å²) in [6.45, 7) is 14.5. The van der Waals surface area contributed by atoms with E-state index in [9.17, 15) is 0 Å². The van der Waals surface area contributed by atoms with E-state index in [0.29, 0.717) is 13.2 Å². The molecule has 1 rings (SSSR count). The van der Waals surface area contributed by atoms with Crippen molar-refractivity contribution in [1.29, 1.82) is 0 Å². The van der Waals surface area contributed by atoms with Crippen molar-refractivity contribution in [3.8, 4) is 5.75 Å². The lowest BCUT2D eigenvalue weighted by molar-refractivity contribution is 0.174. The van der Waals surface area contributed by atoms with Gasteiger partial charge in [-0.25, -0.2) is 0 Å². The molecule has 0 amide bonds. The number of rotatable bonds is 7. The average Bonchev–Trinajstić information content (AvgIpc) is 2.42. The first kappa shape index (κ1) is 18.2. The Morgan fingerprint density at radius 1 is 1.24 bits per heavy atom. The third-order valence-electron chi connectivity index (χ3n) is 4.15. The van der Waals surface area contributed by atoms with Crippen molar-refractivity contribution in [3.63, 3.8) is 0 Å². The molecule has 0 aromatic heterocycles. The summed E-state index contributed by atoms with van der Waals surface area (Å²) in [5.41, 5.74) is 1.13. The summed E-state index contributed by atoms with van der Waals surface area (Å²) in [7, 11) is -1.72. The van der Waals surface area contributed by atoms with Crippen LogP contribution in [0.15, 0.2) is 24.3 Å². The van der Waals surface area contributed by atoms with Gasteiger partial charge in [0, 0.05) is 12.5 Å². The van der Waals surface area contributed by atoms with Gasteiger partial charge in [-0.2, -0.15) is 0 Å². The minimum absolute atomic E-state index is 0.147. The molecule has 0 heterocycles. The molecule has 4 heteroatoms. The second-order valence-electron chi connectivity index (χ2n) is 7.30. The van der Waals surface area contributed by atoms with Crippen molar-refractivity contribution in [1.82, 2.24) is 0 Å². The van der Waals surface area contributed by atoms with Gasteiger partial charge < -0.3 is 14.3 Å². The number of hydrogen-bond donors (Lipinski definition) is 1. The molecule has 0 fully saturated rings. The predicted molar refractivity (Wildman–Crippen MR) is 90.2 cm³/mol. The fourth-order valence-electron chi connectivity index (χ4n) is 1.50. The summed E-state index contributed by atoms with van der Waals surface area (Å²) in [6, 6.07) is 8.02. The third kappa shape index (κ3) is 5.81. The van der Waals surface area contributed by atoms with Crippen LogP contribution in [0.5, 0.6) is 5.75 Å². The largest absolute Gasteiger partial charge is 0.493 e. The fourth-order valence-corrected chi connectivity index (χ4v) is 2.46. The predicted octanol–water partition coefficient (Wildman–Crippen LogP) is 4.22. The Balaban J connectivity index is 2.61. The molecule has 0 aliphatic carbocycles. The van der Waals surface area contributed by atoms with Crippen molar-refractivity contribution in [2.24, 2.45) is 5.92 Å². The fraction of sp³-hybridized carbons (Fsp3) is 0.647. The van der Waals surface area contributed by atoms with Crippen LogP contribution in [-0.2, 0) is 11.0 Å². The van der Waals surface area contributed by atoms with Crippen LogP contribution < -0.4 is 4.74 Å². The lowest BCUT2D eigenvalue weighted by Gasteiger charge is -2.36. The highest BCUT2D eigenvalue weighted by Crippen LogP contribution is 2.37. The monoisotopic (exact) mass is 310 g/mol. The highest BCUT2D eigenvalue weighted by molar-refractivity contribution is 6.74. The van der Waals surface area contributed by atoms with Crippen LogP contribution in [0.25, 0.3) is 0 Å². The Hall–Kier alpha value is -0.843. The highest BCUT2D eigenvalue weighted by Gasteiger charge is 2.36. The lowest BCUT2D eigenvalue weighted by atomic mass is 10.2. The van der Waals surface area contributed by atoms with Crippen LogP contribution in [-0.4, -0.2) is 26.6 Å². The van der Waals surface area contributed by atoms with E-state index in [-0.39, 0.29) is 17.6 Å². The van der Waals surface area contributed by atoms with Crippen LogP contribution in [0.4, 0.5) is 0 Å². The summed E-state index contributed by atoms with van der Waals surface area (Å²) in [5, 5.41) is 9.24. The second-order valence-corrected chi connectivity index (χ2v) is 12.1. The van der Waals surface area contributed by atoms with Gasteiger partial charge in [0.2, 0.25) is 0 Å². The Labute approximate surface area is 130 Å². The minimum Gasteiger partial charge on any atom is -0.493 e. The van der Waals surface area contributed by atoms with E-state index in [2.05, 4.69) is 39.9 Å². The molecule has 0 radical (unpaired) electrons. The molecule has 3 nitrogen and oxygen atoms in total. The van der Waals surface area contributed by atoms with E-state index in [1.54, 1.807) is 0 Å². The second kappa shape index (κ2) is 7.43. The Morgan fingerprint density at radius 2 is 1.90 bits per heavy atom. The molecule has 1 aromatic carbocycles.